The van der Waals surface area contributed by atoms with Crippen molar-refractivity contribution in [2.75, 3.05) is 7.05 Å². The van der Waals surface area contributed by atoms with Crippen molar-refractivity contribution < 1.29 is 13.2 Å². The predicted octanol–water partition coefficient (Wildman–Crippen LogP) is 2.80. The number of rotatable bonds is 3. The van der Waals surface area contributed by atoms with Gasteiger partial charge in [-0.25, -0.2) is 9.97 Å². The van der Waals surface area contributed by atoms with Crippen LogP contribution in [0.15, 0.2) is 24.5 Å². The summed E-state index contributed by atoms with van der Waals surface area (Å²) in [6.45, 7) is 1.95. The van der Waals surface area contributed by atoms with Gasteiger partial charge in [0.2, 0.25) is 0 Å². The van der Waals surface area contributed by atoms with E-state index in [1.165, 1.54) is 12.4 Å². The maximum absolute atomic E-state index is 12.7. The van der Waals surface area contributed by atoms with Gasteiger partial charge in [-0.1, -0.05) is 0 Å². The van der Waals surface area contributed by atoms with Gasteiger partial charge < -0.3 is 5.32 Å². The van der Waals surface area contributed by atoms with Crippen LogP contribution in [0.5, 0.6) is 0 Å². The molecule has 0 aliphatic carbocycles. The van der Waals surface area contributed by atoms with Crippen molar-refractivity contribution in [3.8, 4) is 0 Å². The number of benzene rings is 1. The molecule has 0 bridgehead atoms. The molecule has 3 nitrogen and oxygen atoms in total. The highest BCUT2D eigenvalue weighted by Crippen LogP contribution is 2.31. The number of halogens is 3. The molecule has 0 saturated carbocycles. The molecule has 1 atom stereocenters. The van der Waals surface area contributed by atoms with Crippen LogP contribution in [0, 0.1) is 0 Å². The van der Waals surface area contributed by atoms with Crippen LogP contribution < -0.4 is 5.32 Å². The van der Waals surface area contributed by atoms with Crippen LogP contribution in [0.3, 0.4) is 0 Å². The standard InChI is InChI=1S/C13H14F3N3/c1-8(17-2)5-12-10-6-9(13(14,15)16)3-4-11(10)18-7-19-12/h3-4,6-8,17H,5H2,1-2H3. The Hall–Kier alpha value is -1.69. The van der Waals surface area contributed by atoms with Crippen molar-refractivity contribution in [1.82, 2.24) is 15.3 Å². The average molecular weight is 269 g/mol. The second-order valence-electron chi connectivity index (χ2n) is 4.44. The summed E-state index contributed by atoms with van der Waals surface area (Å²) in [5, 5.41) is 3.50. The molecule has 0 aliphatic heterocycles. The summed E-state index contributed by atoms with van der Waals surface area (Å²) in [4.78, 5) is 8.10. The Kier molecular flexibility index (Phi) is 3.71. The number of hydrogen-bond donors (Lipinski definition) is 1. The Morgan fingerprint density at radius 2 is 2.00 bits per heavy atom. The van der Waals surface area contributed by atoms with E-state index in [4.69, 9.17) is 0 Å². The Morgan fingerprint density at radius 3 is 2.63 bits per heavy atom. The zero-order valence-corrected chi connectivity index (χ0v) is 10.6. The van der Waals surface area contributed by atoms with Crippen LogP contribution in [0.1, 0.15) is 18.2 Å². The maximum Gasteiger partial charge on any atom is 0.416 e. The smallest absolute Gasteiger partial charge is 0.317 e. The molecule has 1 heterocycles. The highest BCUT2D eigenvalue weighted by atomic mass is 19.4. The van der Waals surface area contributed by atoms with Crippen molar-refractivity contribution in [3.05, 3.63) is 35.8 Å². The van der Waals surface area contributed by atoms with Gasteiger partial charge in [0.05, 0.1) is 16.8 Å². The zero-order chi connectivity index (χ0) is 14.0. The molecule has 1 aromatic heterocycles. The summed E-state index contributed by atoms with van der Waals surface area (Å²) in [6, 6.07) is 3.67. The fraction of sp³-hybridized carbons (Fsp3) is 0.385. The van der Waals surface area contributed by atoms with Gasteiger partial charge in [0, 0.05) is 17.8 Å². The van der Waals surface area contributed by atoms with E-state index in [0.717, 1.165) is 12.1 Å². The monoisotopic (exact) mass is 269 g/mol. The Bertz CT molecular complexity index is 581. The van der Waals surface area contributed by atoms with Crippen LogP contribution >= 0.6 is 0 Å². The van der Waals surface area contributed by atoms with Gasteiger partial charge in [-0.3, -0.25) is 0 Å². The second-order valence-corrected chi connectivity index (χ2v) is 4.44. The summed E-state index contributed by atoms with van der Waals surface area (Å²) < 4.78 is 38.2. The summed E-state index contributed by atoms with van der Waals surface area (Å²) in [6.07, 6.45) is -2.42. The molecule has 0 saturated heterocycles. The number of alkyl halides is 3. The third-order valence-corrected chi connectivity index (χ3v) is 3.04. The van der Waals surface area contributed by atoms with E-state index in [9.17, 15) is 13.2 Å². The number of aromatic nitrogens is 2. The minimum atomic E-state index is -4.35. The fourth-order valence-electron chi connectivity index (χ4n) is 1.84. The Morgan fingerprint density at radius 1 is 1.26 bits per heavy atom. The lowest BCUT2D eigenvalue weighted by Gasteiger charge is -2.12. The molecule has 19 heavy (non-hydrogen) atoms. The predicted molar refractivity (Wildman–Crippen MR) is 66.8 cm³/mol. The summed E-state index contributed by atoms with van der Waals surface area (Å²) >= 11 is 0. The first-order valence-electron chi connectivity index (χ1n) is 5.90. The van der Waals surface area contributed by atoms with Gasteiger partial charge in [0.1, 0.15) is 6.33 Å². The van der Waals surface area contributed by atoms with E-state index in [0.29, 0.717) is 23.0 Å². The van der Waals surface area contributed by atoms with Gasteiger partial charge in [0.25, 0.3) is 0 Å². The van der Waals surface area contributed by atoms with Gasteiger partial charge in [-0.05, 0) is 32.2 Å². The molecule has 1 N–H and O–H groups in total. The third kappa shape index (κ3) is 3.01. The lowest BCUT2D eigenvalue weighted by molar-refractivity contribution is -0.137. The molecule has 1 aromatic carbocycles. The second kappa shape index (κ2) is 5.13. The van der Waals surface area contributed by atoms with Crippen LogP contribution in [-0.2, 0) is 12.6 Å². The van der Waals surface area contributed by atoms with Gasteiger partial charge in [0.15, 0.2) is 0 Å². The highest BCUT2D eigenvalue weighted by Gasteiger charge is 2.30. The van der Waals surface area contributed by atoms with Crippen molar-refractivity contribution in [3.63, 3.8) is 0 Å². The lowest BCUT2D eigenvalue weighted by atomic mass is 10.1. The number of nitrogens with one attached hydrogen (secondary N) is 1. The first-order chi connectivity index (χ1) is 8.91. The lowest BCUT2D eigenvalue weighted by Crippen LogP contribution is -2.24. The van der Waals surface area contributed by atoms with Crippen molar-refractivity contribution in [2.24, 2.45) is 0 Å². The molecule has 0 aliphatic rings. The quantitative estimate of drug-likeness (QED) is 0.931. The number of hydrogen-bond acceptors (Lipinski definition) is 3. The molecule has 0 radical (unpaired) electrons. The molecular formula is C13H14F3N3. The molecule has 2 aromatic rings. The topological polar surface area (TPSA) is 37.8 Å². The van der Waals surface area contributed by atoms with E-state index in [1.807, 2.05) is 6.92 Å². The first kappa shape index (κ1) is 13.7. The van der Waals surface area contributed by atoms with E-state index in [-0.39, 0.29) is 6.04 Å². The van der Waals surface area contributed by atoms with Crippen LogP contribution in [0.4, 0.5) is 13.2 Å². The average Bonchev–Trinajstić information content (AvgIpc) is 2.37. The molecule has 102 valence electrons. The van der Waals surface area contributed by atoms with Crippen molar-refractivity contribution in [1.29, 1.82) is 0 Å². The van der Waals surface area contributed by atoms with Crippen LogP contribution in [0.2, 0.25) is 0 Å². The molecule has 2 rings (SSSR count). The van der Waals surface area contributed by atoms with Crippen LogP contribution in [-0.4, -0.2) is 23.1 Å². The molecule has 1 unspecified atom stereocenters. The SMILES string of the molecule is CNC(C)Cc1ncnc2ccc(C(F)(F)F)cc12. The van der Waals surface area contributed by atoms with Crippen LogP contribution in [0.25, 0.3) is 10.9 Å². The molecule has 0 spiro atoms. The summed E-state index contributed by atoms with van der Waals surface area (Å²) in [5.41, 5.74) is 0.479. The van der Waals surface area contributed by atoms with E-state index in [2.05, 4.69) is 15.3 Å². The number of fused-ring (bicyclic) bond motifs is 1. The van der Waals surface area contributed by atoms with Crippen molar-refractivity contribution >= 4 is 10.9 Å². The molecular weight excluding hydrogens is 255 g/mol. The number of nitrogens with zero attached hydrogens (tertiary/aromatic N) is 2. The Labute approximate surface area is 108 Å². The fourth-order valence-corrected chi connectivity index (χ4v) is 1.84. The minimum Gasteiger partial charge on any atom is -0.317 e. The van der Waals surface area contributed by atoms with Gasteiger partial charge in [-0.2, -0.15) is 13.2 Å². The third-order valence-electron chi connectivity index (χ3n) is 3.04. The summed E-state index contributed by atoms with van der Waals surface area (Å²) in [7, 11) is 1.80. The summed E-state index contributed by atoms with van der Waals surface area (Å²) in [5.74, 6) is 0. The van der Waals surface area contributed by atoms with Gasteiger partial charge in [-0.15, -0.1) is 0 Å². The van der Waals surface area contributed by atoms with Gasteiger partial charge >= 0.3 is 6.18 Å². The highest BCUT2D eigenvalue weighted by molar-refractivity contribution is 5.81. The minimum absolute atomic E-state index is 0.132. The normalized spacial score (nSPS) is 13.7. The molecule has 0 amide bonds. The zero-order valence-electron chi connectivity index (χ0n) is 10.6. The van der Waals surface area contributed by atoms with E-state index < -0.39 is 11.7 Å². The molecule has 0 fully saturated rings. The first-order valence-corrected chi connectivity index (χ1v) is 5.90. The number of likely N-dealkylation sites (N-methyl/N-ethyl adjacent to an activating group) is 1. The maximum atomic E-state index is 12.7. The largest absolute Gasteiger partial charge is 0.416 e. The van der Waals surface area contributed by atoms with Crippen molar-refractivity contribution in [2.45, 2.75) is 25.6 Å². The van der Waals surface area contributed by atoms with E-state index in [1.54, 1.807) is 7.05 Å². The Balaban J connectivity index is 2.52. The molecule has 6 heteroatoms. The van der Waals surface area contributed by atoms with E-state index >= 15 is 0 Å².